The van der Waals surface area contributed by atoms with E-state index < -0.39 is 0 Å². The molecule has 1 aromatic carbocycles. The van der Waals surface area contributed by atoms with Gasteiger partial charge in [-0.1, -0.05) is 39.8 Å². The Morgan fingerprint density at radius 1 is 1.22 bits per heavy atom. The van der Waals surface area contributed by atoms with Gasteiger partial charge in [0.1, 0.15) is 5.75 Å². The van der Waals surface area contributed by atoms with Gasteiger partial charge in [-0.05, 0) is 34.8 Å². The first-order chi connectivity index (χ1) is 8.58. The van der Waals surface area contributed by atoms with Crippen molar-refractivity contribution in [2.45, 2.75) is 59.2 Å². The molecule has 0 spiro atoms. The standard InChI is InChI=1S/C15H24BrNO/c1-5-13(6-2)18-15-12(10-17-11(3)4)8-7-9-14(15)16/h7-9,11,13,17H,5-6,10H2,1-4H3. The molecule has 1 N–H and O–H groups in total. The summed E-state index contributed by atoms with van der Waals surface area (Å²) in [5, 5.41) is 3.44. The van der Waals surface area contributed by atoms with Crippen LogP contribution in [0.25, 0.3) is 0 Å². The Labute approximate surface area is 119 Å². The minimum atomic E-state index is 0.293. The second-order valence-electron chi connectivity index (χ2n) is 4.82. The van der Waals surface area contributed by atoms with Gasteiger partial charge in [-0.2, -0.15) is 0 Å². The number of nitrogens with one attached hydrogen (secondary N) is 1. The molecule has 0 fully saturated rings. The number of benzene rings is 1. The van der Waals surface area contributed by atoms with Crippen molar-refractivity contribution in [3.63, 3.8) is 0 Å². The third-order valence-electron chi connectivity index (χ3n) is 2.94. The molecule has 3 heteroatoms. The van der Waals surface area contributed by atoms with Crippen molar-refractivity contribution < 1.29 is 4.74 Å². The third-order valence-corrected chi connectivity index (χ3v) is 3.57. The van der Waals surface area contributed by atoms with Gasteiger partial charge < -0.3 is 10.1 Å². The quantitative estimate of drug-likeness (QED) is 0.799. The van der Waals surface area contributed by atoms with Crippen molar-refractivity contribution in [2.75, 3.05) is 0 Å². The van der Waals surface area contributed by atoms with E-state index in [9.17, 15) is 0 Å². The smallest absolute Gasteiger partial charge is 0.138 e. The van der Waals surface area contributed by atoms with Crippen LogP contribution in [-0.2, 0) is 6.54 Å². The van der Waals surface area contributed by atoms with Gasteiger partial charge in [-0.3, -0.25) is 0 Å². The lowest BCUT2D eigenvalue weighted by molar-refractivity contribution is 0.189. The SMILES string of the molecule is CCC(CC)Oc1c(Br)cccc1CNC(C)C. The maximum atomic E-state index is 6.12. The lowest BCUT2D eigenvalue weighted by atomic mass is 10.1. The first-order valence-electron chi connectivity index (χ1n) is 6.75. The Bertz CT molecular complexity index is 362. The van der Waals surface area contributed by atoms with Crippen LogP contribution in [0.15, 0.2) is 22.7 Å². The van der Waals surface area contributed by atoms with Crippen LogP contribution in [0.2, 0.25) is 0 Å². The van der Waals surface area contributed by atoms with Crippen LogP contribution in [-0.4, -0.2) is 12.1 Å². The molecule has 1 aromatic rings. The van der Waals surface area contributed by atoms with Crippen LogP contribution in [0, 0.1) is 0 Å². The fourth-order valence-corrected chi connectivity index (χ4v) is 2.26. The summed E-state index contributed by atoms with van der Waals surface area (Å²) in [4.78, 5) is 0. The zero-order valence-electron chi connectivity index (χ0n) is 11.8. The van der Waals surface area contributed by atoms with Crippen LogP contribution < -0.4 is 10.1 Å². The van der Waals surface area contributed by atoms with E-state index in [0.29, 0.717) is 12.1 Å². The molecule has 0 unspecified atom stereocenters. The molecule has 2 nitrogen and oxygen atoms in total. The molecule has 0 atom stereocenters. The molecule has 0 aliphatic carbocycles. The zero-order valence-corrected chi connectivity index (χ0v) is 13.4. The molecule has 0 saturated carbocycles. The predicted molar refractivity (Wildman–Crippen MR) is 81.1 cm³/mol. The summed E-state index contributed by atoms with van der Waals surface area (Å²) in [7, 11) is 0. The summed E-state index contributed by atoms with van der Waals surface area (Å²) >= 11 is 3.59. The van der Waals surface area contributed by atoms with E-state index in [-0.39, 0.29) is 0 Å². The van der Waals surface area contributed by atoms with Gasteiger partial charge in [0.2, 0.25) is 0 Å². The molecule has 0 aromatic heterocycles. The van der Waals surface area contributed by atoms with Gasteiger partial charge in [0, 0.05) is 18.2 Å². The number of hydrogen-bond donors (Lipinski definition) is 1. The van der Waals surface area contributed by atoms with E-state index in [0.717, 1.165) is 29.6 Å². The maximum Gasteiger partial charge on any atom is 0.138 e. The van der Waals surface area contributed by atoms with E-state index >= 15 is 0 Å². The molecular formula is C15H24BrNO. The van der Waals surface area contributed by atoms with E-state index in [1.165, 1.54) is 5.56 Å². The first-order valence-corrected chi connectivity index (χ1v) is 7.55. The second kappa shape index (κ2) is 7.80. The summed E-state index contributed by atoms with van der Waals surface area (Å²) in [6.45, 7) is 9.47. The van der Waals surface area contributed by atoms with Crippen LogP contribution >= 0.6 is 15.9 Å². The average Bonchev–Trinajstić information content (AvgIpc) is 2.35. The number of para-hydroxylation sites is 1. The summed E-state index contributed by atoms with van der Waals surface area (Å²) in [5.74, 6) is 0.986. The summed E-state index contributed by atoms with van der Waals surface area (Å²) in [5.41, 5.74) is 1.21. The molecule has 0 aliphatic rings. The van der Waals surface area contributed by atoms with E-state index in [1.54, 1.807) is 0 Å². The number of hydrogen-bond acceptors (Lipinski definition) is 2. The van der Waals surface area contributed by atoms with E-state index in [4.69, 9.17) is 4.74 Å². The highest BCUT2D eigenvalue weighted by Gasteiger charge is 2.12. The van der Waals surface area contributed by atoms with Gasteiger partial charge in [0.05, 0.1) is 10.6 Å². The Morgan fingerprint density at radius 3 is 2.44 bits per heavy atom. The molecule has 0 aliphatic heterocycles. The van der Waals surface area contributed by atoms with Gasteiger partial charge >= 0.3 is 0 Å². The van der Waals surface area contributed by atoms with Crippen LogP contribution in [0.4, 0.5) is 0 Å². The molecule has 0 radical (unpaired) electrons. The number of halogens is 1. The minimum absolute atomic E-state index is 0.293. The Kier molecular flexibility index (Phi) is 6.72. The van der Waals surface area contributed by atoms with Crippen LogP contribution in [0.5, 0.6) is 5.75 Å². The highest BCUT2D eigenvalue weighted by molar-refractivity contribution is 9.10. The van der Waals surface area contributed by atoms with Gasteiger partial charge in [0.25, 0.3) is 0 Å². The summed E-state index contributed by atoms with van der Waals surface area (Å²) in [6.07, 6.45) is 2.37. The van der Waals surface area contributed by atoms with Crippen molar-refractivity contribution in [1.82, 2.24) is 5.32 Å². The fraction of sp³-hybridized carbons (Fsp3) is 0.600. The lowest BCUT2D eigenvalue weighted by Gasteiger charge is -2.20. The fourth-order valence-electron chi connectivity index (χ4n) is 1.76. The molecule has 0 amide bonds. The number of ether oxygens (including phenoxy) is 1. The average molecular weight is 314 g/mol. The minimum Gasteiger partial charge on any atom is -0.489 e. The largest absolute Gasteiger partial charge is 0.489 e. The Balaban J connectivity index is 2.86. The van der Waals surface area contributed by atoms with Crippen molar-refractivity contribution in [3.8, 4) is 5.75 Å². The van der Waals surface area contributed by atoms with Crippen molar-refractivity contribution >= 4 is 15.9 Å². The van der Waals surface area contributed by atoms with E-state index in [2.05, 4.69) is 61.1 Å². The predicted octanol–water partition coefficient (Wildman–Crippen LogP) is 4.51. The van der Waals surface area contributed by atoms with Crippen LogP contribution in [0.1, 0.15) is 46.1 Å². The topological polar surface area (TPSA) is 21.3 Å². The number of rotatable bonds is 7. The molecule has 18 heavy (non-hydrogen) atoms. The molecule has 1 rings (SSSR count). The van der Waals surface area contributed by atoms with Gasteiger partial charge in [-0.15, -0.1) is 0 Å². The molecular weight excluding hydrogens is 290 g/mol. The summed E-state index contributed by atoms with van der Waals surface area (Å²) in [6, 6.07) is 6.69. The van der Waals surface area contributed by atoms with E-state index in [1.807, 2.05) is 6.07 Å². The lowest BCUT2D eigenvalue weighted by Crippen LogP contribution is -2.23. The molecule has 102 valence electrons. The highest BCUT2D eigenvalue weighted by Crippen LogP contribution is 2.30. The molecule has 0 bridgehead atoms. The second-order valence-corrected chi connectivity index (χ2v) is 5.67. The molecule has 0 heterocycles. The first kappa shape index (κ1) is 15.5. The van der Waals surface area contributed by atoms with Crippen molar-refractivity contribution in [3.05, 3.63) is 28.2 Å². The van der Waals surface area contributed by atoms with Gasteiger partial charge in [-0.25, -0.2) is 0 Å². The summed E-state index contributed by atoms with van der Waals surface area (Å²) < 4.78 is 7.16. The van der Waals surface area contributed by atoms with Crippen LogP contribution in [0.3, 0.4) is 0 Å². The maximum absolute atomic E-state index is 6.12. The van der Waals surface area contributed by atoms with Crippen molar-refractivity contribution in [2.24, 2.45) is 0 Å². The third kappa shape index (κ3) is 4.62. The Hall–Kier alpha value is -0.540. The highest BCUT2D eigenvalue weighted by atomic mass is 79.9. The zero-order chi connectivity index (χ0) is 13.5. The van der Waals surface area contributed by atoms with Gasteiger partial charge in [0.15, 0.2) is 0 Å². The van der Waals surface area contributed by atoms with Crippen molar-refractivity contribution in [1.29, 1.82) is 0 Å². The Morgan fingerprint density at radius 2 is 1.89 bits per heavy atom. The monoisotopic (exact) mass is 313 g/mol. The normalized spacial score (nSPS) is 11.3. The molecule has 0 saturated heterocycles.